The van der Waals surface area contributed by atoms with Gasteiger partial charge in [0, 0.05) is 6.21 Å². The first-order valence-corrected chi connectivity index (χ1v) is 6.70. The summed E-state index contributed by atoms with van der Waals surface area (Å²) < 4.78 is 5.17. The second kappa shape index (κ2) is 6.84. The van der Waals surface area contributed by atoms with Gasteiger partial charge in [0.25, 0.3) is 0 Å². The van der Waals surface area contributed by atoms with E-state index in [9.17, 15) is 4.79 Å². The Bertz CT molecular complexity index is 511. The highest BCUT2D eigenvalue weighted by Crippen LogP contribution is 2.03. The number of ether oxygens (including phenoxy) is 1. The lowest BCUT2D eigenvalue weighted by Crippen LogP contribution is -2.41. The van der Waals surface area contributed by atoms with Gasteiger partial charge >= 0.3 is 6.09 Å². The van der Waals surface area contributed by atoms with Gasteiger partial charge in [0.05, 0.1) is 24.3 Å². The summed E-state index contributed by atoms with van der Waals surface area (Å²) in [5, 5.41) is 2.76. The van der Waals surface area contributed by atoms with E-state index in [2.05, 4.69) is 15.3 Å². The van der Waals surface area contributed by atoms with Gasteiger partial charge in [0.15, 0.2) is 0 Å². The molecule has 1 aromatic carbocycles. The van der Waals surface area contributed by atoms with E-state index in [-0.39, 0.29) is 18.7 Å². The highest BCUT2D eigenvalue weighted by atomic mass is 16.5. The third-order valence-corrected chi connectivity index (χ3v) is 2.95. The lowest BCUT2D eigenvalue weighted by atomic mass is 10.2. The molecule has 1 heterocycles. The number of hydrogen-bond donors (Lipinski definition) is 1. The first-order chi connectivity index (χ1) is 9.65. The molecule has 0 spiro atoms. The fraction of sp³-hybridized carbons (Fsp3) is 0.400. The van der Waals surface area contributed by atoms with Crippen LogP contribution in [0.2, 0.25) is 0 Å². The Morgan fingerprint density at radius 3 is 2.90 bits per heavy atom. The van der Waals surface area contributed by atoms with Crippen molar-refractivity contribution in [2.24, 2.45) is 9.98 Å². The Kier molecular flexibility index (Phi) is 4.87. The number of benzene rings is 1. The average Bonchev–Trinajstić information content (AvgIpc) is 2.46. The molecule has 106 valence electrons. The quantitative estimate of drug-likeness (QED) is 0.914. The van der Waals surface area contributed by atoms with Crippen molar-refractivity contribution in [3.8, 4) is 0 Å². The van der Waals surface area contributed by atoms with E-state index < -0.39 is 6.09 Å². The largest absolute Gasteiger partial charge is 0.445 e. The number of aliphatic imine (C=N–C) groups is 2. The molecule has 0 radical (unpaired) electrons. The van der Waals surface area contributed by atoms with Gasteiger partial charge in [-0.1, -0.05) is 30.3 Å². The molecule has 0 aliphatic carbocycles. The van der Waals surface area contributed by atoms with E-state index >= 15 is 0 Å². The van der Waals surface area contributed by atoms with Crippen molar-refractivity contribution in [3.05, 3.63) is 35.9 Å². The van der Waals surface area contributed by atoms with E-state index in [0.717, 1.165) is 11.3 Å². The number of carbonyl (C=O) groups excluding carboxylic acids is 1. The molecule has 0 saturated heterocycles. The summed E-state index contributed by atoms with van der Waals surface area (Å²) in [5.74, 6) is 0. The molecule has 2 atom stereocenters. The minimum atomic E-state index is -0.448. The molecule has 5 heteroatoms. The topological polar surface area (TPSA) is 63.0 Å². The van der Waals surface area contributed by atoms with Crippen LogP contribution in [0.25, 0.3) is 0 Å². The van der Waals surface area contributed by atoms with Crippen LogP contribution in [0.15, 0.2) is 40.3 Å². The number of nitrogens with one attached hydrogen (secondary N) is 1. The summed E-state index contributed by atoms with van der Waals surface area (Å²) in [6, 6.07) is 9.53. The fourth-order valence-electron chi connectivity index (χ4n) is 1.87. The molecule has 2 rings (SSSR count). The molecule has 1 N–H and O–H groups in total. The maximum atomic E-state index is 11.7. The fourth-order valence-corrected chi connectivity index (χ4v) is 1.87. The molecule has 1 aliphatic rings. The van der Waals surface area contributed by atoms with E-state index in [1.807, 2.05) is 44.2 Å². The molecule has 1 aliphatic heterocycles. The van der Waals surface area contributed by atoms with Crippen molar-refractivity contribution in [2.45, 2.75) is 32.5 Å². The monoisotopic (exact) mass is 273 g/mol. The molecule has 0 aromatic heterocycles. The summed E-state index contributed by atoms with van der Waals surface area (Å²) in [6.07, 6.45) is 1.26. The zero-order valence-electron chi connectivity index (χ0n) is 11.7. The van der Waals surface area contributed by atoms with Gasteiger partial charge in [-0.25, -0.2) is 4.79 Å². The average molecular weight is 273 g/mol. The van der Waals surface area contributed by atoms with Gasteiger partial charge in [-0.3, -0.25) is 9.98 Å². The number of nitrogens with zero attached hydrogens (tertiary/aromatic N) is 2. The van der Waals surface area contributed by atoms with Crippen LogP contribution in [0.4, 0.5) is 4.79 Å². The van der Waals surface area contributed by atoms with Crippen LogP contribution in [-0.4, -0.2) is 36.6 Å². The first kappa shape index (κ1) is 14.2. The van der Waals surface area contributed by atoms with E-state index in [4.69, 9.17) is 4.74 Å². The van der Waals surface area contributed by atoms with Gasteiger partial charge in [-0.2, -0.15) is 0 Å². The Hall–Kier alpha value is -2.17. The van der Waals surface area contributed by atoms with Crippen LogP contribution in [0.5, 0.6) is 0 Å². The van der Waals surface area contributed by atoms with Crippen LogP contribution in [0, 0.1) is 0 Å². The Morgan fingerprint density at radius 1 is 1.45 bits per heavy atom. The number of amides is 1. The third kappa shape index (κ3) is 4.19. The van der Waals surface area contributed by atoms with Gasteiger partial charge in [0.2, 0.25) is 0 Å². The molecule has 0 saturated carbocycles. The minimum absolute atomic E-state index is 0.166. The summed E-state index contributed by atoms with van der Waals surface area (Å²) in [5.41, 5.74) is 1.74. The standard InChI is InChI=1S/C15H19N3O2/c1-11-8-16-9-14(17-11)12(2)18-15(19)20-10-13-6-4-3-5-7-13/h3-7,9,11-12H,8,10H2,1-2H3,(H,18,19)/t11?,12-/m0/s1. The Labute approximate surface area is 118 Å². The van der Waals surface area contributed by atoms with Crippen molar-refractivity contribution in [1.82, 2.24) is 5.32 Å². The number of alkyl carbamates (subject to hydrolysis) is 1. The van der Waals surface area contributed by atoms with Crippen molar-refractivity contribution in [2.75, 3.05) is 6.54 Å². The first-order valence-electron chi connectivity index (χ1n) is 6.70. The van der Waals surface area contributed by atoms with Crippen LogP contribution in [-0.2, 0) is 11.3 Å². The highest BCUT2D eigenvalue weighted by molar-refractivity contribution is 6.33. The number of hydrogen-bond acceptors (Lipinski definition) is 4. The summed E-state index contributed by atoms with van der Waals surface area (Å²) in [4.78, 5) is 20.4. The van der Waals surface area contributed by atoms with E-state index in [1.165, 1.54) is 0 Å². The minimum Gasteiger partial charge on any atom is -0.445 e. The number of rotatable bonds is 4. The second-order valence-electron chi connectivity index (χ2n) is 4.82. The van der Waals surface area contributed by atoms with Gasteiger partial charge in [0.1, 0.15) is 6.61 Å². The molecule has 0 bridgehead atoms. The lowest BCUT2D eigenvalue weighted by Gasteiger charge is -2.18. The summed E-state index contributed by atoms with van der Waals surface area (Å²) in [7, 11) is 0. The number of carbonyl (C=O) groups is 1. The third-order valence-electron chi connectivity index (χ3n) is 2.95. The zero-order chi connectivity index (χ0) is 14.4. The molecule has 1 aromatic rings. The van der Waals surface area contributed by atoms with E-state index in [0.29, 0.717) is 6.54 Å². The van der Waals surface area contributed by atoms with Crippen molar-refractivity contribution in [3.63, 3.8) is 0 Å². The maximum absolute atomic E-state index is 11.7. The van der Waals surface area contributed by atoms with Crippen molar-refractivity contribution < 1.29 is 9.53 Å². The van der Waals surface area contributed by atoms with Gasteiger partial charge in [-0.15, -0.1) is 0 Å². The molecule has 1 amide bonds. The Morgan fingerprint density at radius 2 is 2.20 bits per heavy atom. The van der Waals surface area contributed by atoms with Crippen molar-refractivity contribution >= 4 is 18.0 Å². The molecule has 20 heavy (non-hydrogen) atoms. The molecule has 5 nitrogen and oxygen atoms in total. The molecular formula is C15H19N3O2. The van der Waals surface area contributed by atoms with Crippen LogP contribution >= 0.6 is 0 Å². The van der Waals surface area contributed by atoms with Crippen LogP contribution in [0.1, 0.15) is 19.4 Å². The molecule has 0 fully saturated rings. The smallest absolute Gasteiger partial charge is 0.407 e. The molecular weight excluding hydrogens is 254 g/mol. The predicted octanol–water partition coefficient (Wildman–Crippen LogP) is 2.22. The van der Waals surface area contributed by atoms with E-state index in [1.54, 1.807) is 6.21 Å². The maximum Gasteiger partial charge on any atom is 0.407 e. The normalized spacial score (nSPS) is 19.1. The summed E-state index contributed by atoms with van der Waals surface area (Å²) in [6.45, 7) is 4.83. The van der Waals surface area contributed by atoms with Crippen LogP contribution in [0.3, 0.4) is 0 Å². The Balaban J connectivity index is 1.81. The SMILES string of the molecule is CC1CN=CC([C@H](C)NC(=O)OCc2ccccc2)=N1. The predicted molar refractivity (Wildman–Crippen MR) is 79.5 cm³/mol. The van der Waals surface area contributed by atoms with Crippen LogP contribution < -0.4 is 5.32 Å². The molecule has 1 unspecified atom stereocenters. The highest BCUT2D eigenvalue weighted by Gasteiger charge is 2.16. The van der Waals surface area contributed by atoms with Gasteiger partial charge in [-0.05, 0) is 19.4 Å². The summed E-state index contributed by atoms with van der Waals surface area (Å²) >= 11 is 0. The van der Waals surface area contributed by atoms with Gasteiger partial charge < -0.3 is 10.1 Å². The van der Waals surface area contributed by atoms with Crippen molar-refractivity contribution in [1.29, 1.82) is 0 Å². The second-order valence-corrected chi connectivity index (χ2v) is 4.82. The lowest BCUT2D eigenvalue weighted by molar-refractivity contribution is 0.138. The zero-order valence-corrected chi connectivity index (χ0v) is 11.7.